The molecule has 14 heteroatoms. The number of amides is 2. The first-order chi connectivity index (χ1) is 17.1. The Morgan fingerprint density at radius 3 is 2.42 bits per heavy atom. The minimum absolute atomic E-state index is 0.00462. The molecule has 0 aliphatic rings. The van der Waals surface area contributed by atoms with Crippen molar-refractivity contribution in [1.82, 2.24) is 9.88 Å². The standard InChI is InChI=1S/C22H13Cl2F2N5O5/c23-14-6-12(29-30-18(8-27)21(33)28-22(34)35)7-15(24)20(14)36-13-2-4-19(32)31(10-13)9-11-1-3-16(25)17(26)5-11/h1-7,10,29H,9H2,(H,28,33)(H,34,35). The number of hydrogen-bond donors (Lipinski definition) is 3. The predicted octanol–water partition coefficient (Wildman–Crippen LogP) is 4.36. The Labute approximate surface area is 210 Å². The molecule has 3 N–H and O–H groups in total. The Kier molecular flexibility index (Phi) is 8.21. The van der Waals surface area contributed by atoms with Gasteiger partial charge in [-0.15, -0.1) is 0 Å². The van der Waals surface area contributed by atoms with E-state index < -0.39 is 34.9 Å². The average Bonchev–Trinajstić information content (AvgIpc) is 2.80. The predicted molar refractivity (Wildman–Crippen MR) is 126 cm³/mol. The van der Waals surface area contributed by atoms with E-state index in [9.17, 15) is 23.2 Å². The Bertz CT molecular complexity index is 1460. The number of aromatic nitrogens is 1. The second kappa shape index (κ2) is 11.3. The van der Waals surface area contributed by atoms with Crippen LogP contribution in [0.5, 0.6) is 11.5 Å². The van der Waals surface area contributed by atoms with Crippen LogP contribution >= 0.6 is 23.2 Å². The fraction of sp³-hybridized carbons (Fsp3) is 0.0455. The third kappa shape index (κ3) is 6.56. The molecule has 0 aliphatic carbocycles. The number of ether oxygens (including phenoxy) is 1. The van der Waals surface area contributed by atoms with Crippen molar-refractivity contribution in [3.8, 4) is 17.6 Å². The number of imide groups is 1. The number of carbonyl (C=O) groups excluding carboxylic acids is 1. The van der Waals surface area contributed by atoms with Gasteiger partial charge in [-0.05, 0) is 35.9 Å². The summed E-state index contributed by atoms with van der Waals surface area (Å²) in [4.78, 5) is 34.3. The third-order valence-electron chi connectivity index (χ3n) is 4.35. The molecule has 2 amide bonds. The molecule has 0 saturated heterocycles. The molecule has 0 bridgehead atoms. The van der Waals surface area contributed by atoms with E-state index in [2.05, 4.69) is 10.5 Å². The summed E-state index contributed by atoms with van der Waals surface area (Å²) < 4.78 is 33.6. The topological polar surface area (TPSA) is 146 Å². The van der Waals surface area contributed by atoms with E-state index in [4.69, 9.17) is 38.3 Å². The van der Waals surface area contributed by atoms with Crippen LogP contribution in [0.25, 0.3) is 0 Å². The zero-order valence-corrected chi connectivity index (χ0v) is 19.3. The van der Waals surface area contributed by atoms with Crippen molar-refractivity contribution in [2.75, 3.05) is 5.43 Å². The fourth-order valence-corrected chi connectivity index (χ4v) is 3.34. The van der Waals surface area contributed by atoms with E-state index in [0.29, 0.717) is 5.56 Å². The van der Waals surface area contributed by atoms with Crippen molar-refractivity contribution in [2.45, 2.75) is 6.54 Å². The van der Waals surface area contributed by atoms with E-state index in [-0.39, 0.29) is 33.8 Å². The fourth-order valence-electron chi connectivity index (χ4n) is 2.77. The summed E-state index contributed by atoms with van der Waals surface area (Å²) in [6.45, 7) is -0.0633. The lowest BCUT2D eigenvalue weighted by atomic mass is 10.2. The first-order valence-electron chi connectivity index (χ1n) is 9.66. The summed E-state index contributed by atoms with van der Waals surface area (Å²) in [5.41, 5.74) is 1.64. The summed E-state index contributed by atoms with van der Waals surface area (Å²) in [7, 11) is 0. The van der Waals surface area contributed by atoms with Crippen LogP contribution in [-0.4, -0.2) is 27.4 Å². The van der Waals surface area contributed by atoms with Crippen LogP contribution in [0.2, 0.25) is 10.0 Å². The van der Waals surface area contributed by atoms with Gasteiger partial charge >= 0.3 is 6.09 Å². The Morgan fingerprint density at radius 2 is 1.81 bits per heavy atom. The zero-order chi connectivity index (χ0) is 26.4. The number of halogens is 4. The molecular formula is C22H13Cl2F2N5O5. The number of nitrogens with zero attached hydrogens (tertiary/aromatic N) is 3. The number of anilines is 1. The normalized spacial score (nSPS) is 10.9. The molecule has 0 atom stereocenters. The minimum Gasteiger partial charge on any atom is -0.465 e. The SMILES string of the molecule is N#CC(=NNc1cc(Cl)c(Oc2ccc(=O)n(Cc3ccc(F)c(F)c3)c2)c(Cl)c1)C(=O)NC(=O)O. The number of nitriles is 1. The van der Waals surface area contributed by atoms with Gasteiger partial charge in [-0.3, -0.25) is 20.3 Å². The monoisotopic (exact) mass is 535 g/mol. The van der Waals surface area contributed by atoms with Crippen LogP contribution < -0.4 is 21.0 Å². The summed E-state index contributed by atoms with van der Waals surface area (Å²) in [6.07, 6.45) is -0.334. The molecule has 3 aromatic rings. The van der Waals surface area contributed by atoms with E-state index in [1.54, 1.807) is 0 Å². The van der Waals surface area contributed by atoms with Crippen LogP contribution in [0.4, 0.5) is 19.3 Å². The molecule has 2 aromatic carbocycles. The largest absolute Gasteiger partial charge is 0.465 e. The van der Waals surface area contributed by atoms with Gasteiger partial charge in [0.1, 0.15) is 11.8 Å². The number of rotatable bonds is 7. The van der Waals surface area contributed by atoms with Gasteiger partial charge in [0.15, 0.2) is 17.4 Å². The van der Waals surface area contributed by atoms with Crippen LogP contribution in [-0.2, 0) is 11.3 Å². The highest BCUT2D eigenvalue weighted by molar-refractivity contribution is 6.46. The lowest BCUT2D eigenvalue weighted by Crippen LogP contribution is -2.34. The van der Waals surface area contributed by atoms with Gasteiger partial charge in [0.2, 0.25) is 5.71 Å². The van der Waals surface area contributed by atoms with E-state index in [1.807, 2.05) is 0 Å². The van der Waals surface area contributed by atoms with Gasteiger partial charge < -0.3 is 14.4 Å². The second-order valence-electron chi connectivity index (χ2n) is 6.89. The number of nitrogens with one attached hydrogen (secondary N) is 2. The molecule has 0 unspecified atom stereocenters. The van der Waals surface area contributed by atoms with Crippen molar-refractivity contribution in [1.29, 1.82) is 5.26 Å². The van der Waals surface area contributed by atoms with E-state index >= 15 is 0 Å². The van der Waals surface area contributed by atoms with Crippen LogP contribution in [0, 0.1) is 23.0 Å². The van der Waals surface area contributed by atoms with Gasteiger partial charge in [-0.2, -0.15) is 10.4 Å². The molecule has 0 saturated carbocycles. The number of carboxylic acid groups (broad SMARTS) is 1. The summed E-state index contributed by atoms with van der Waals surface area (Å²) in [5, 5.41) is 22.5. The molecule has 0 aliphatic heterocycles. The van der Waals surface area contributed by atoms with Crippen molar-refractivity contribution in [2.24, 2.45) is 5.10 Å². The number of hydrazone groups is 1. The smallest absolute Gasteiger partial charge is 0.411 e. The highest BCUT2D eigenvalue weighted by atomic mass is 35.5. The average molecular weight is 536 g/mol. The Balaban J connectivity index is 1.80. The van der Waals surface area contributed by atoms with Crippen molar-refractivity contribution >= 4 is 46.6 Å². The molecule has 0 radical (unpaired) electrons. The number of hydrogen-bond acceptors (Lipinski definition) is 7. The summed E-state index contributed by atoms with van der Waals surface area (Å²) in [5.74, 6) is -3.16. The summed E-state index contributed by atoms with van der Waals surface area (Å²) in [6, 6.07) is 9.85. The molecule has 3 rings (SSSR count). The van der Waals surface area contributed by atoms with Crippen molar-refractivity contribution in [3.05, 3.63) is 86.3 Å². The van der Waals surface area contributed by atoms with Crippen molar-refractivity contribution < 1.29 is 28.2 Å². The van der Waals surface area contributed by atoms with E-state index in [0.717, 1.165) is 12.1 Å². The maximum Gasteiger partial charge on any atom is 0.411 e. The minimum atomic E-state index is -1.66. The van der Waals surface area contributed by atoms with Gasteiger partial charge in [0, 0.05) is 6.07 Å². The summed E-state index contributed by atoms with van der Waals surface area (Å²) >= 11 is 12.5. The van der Waals surface area contributed by atoms with E-state index in [1.165, 1.54) is 52.5 Å². The number of benzene rings is 2. The first kappa shape index (κ1) is 26.1. The molecule has 0 spiro atoms. The molecule has 10 nitrogen and oxygen atoms in total. The highest BCUT2D eigenvalue weighted by Crippen LogP contribution is 2.38. The molecule has 36 heavy (non-hydrogen) atoms. The van der Waals surface area contributed by atoms with Crippen LogP contribution in [0.1, 0.15) is 5.56 Å². The van der Waals surface area contributed by atoms with Gasteiger partial charge in [-0.1, -0.05) is 29.3 Å². The van der Waals surface area contributed by atoms with Crippen LogP contribution in [0.15, 0.2) is 58.6 Å². The highest BCUT2D eigenvalue weighted by Gasteiger charge is 2.15. The maximum atomic E-state index is 13.5. The Hall–Kier alpha value is -4.47. The van der Waals surface area contributed by atoms with Crippen LogP contribution in [0.3, 0.4) is 0 Å². The molecule has 1 heterocycles. The quantitative estimate of drug-likeness (QED) is 0.301. The second-order valence-corrected chi connectivity index (χ2v) is 7.71. The van der Waals surface area contributed by atoms with Crippen molar-refractivity contribution in [3.63, 3.8) is 0 Å². The molecule has 184 valence electrons. The van der Waals surface area contributed by atoms with Gasteiger partial charge in [0.25, 0.3) is 11.5 Å². The molecular weight excluding hydrogens is 523 g/mol. The maximum absolute atomic E-state index is 13.5. The zero-order valence-electron chi connectivity index (χ0n) is 17.8. The number of pyridine rings is 1. The first-order valence-corrected chi connectivity index (χ1v) is 10.4. The Morgan fingerprint density at radius 1 is 1.11 bits per heavy atom. The van der Waals surface area contributed by atoms with Gasteiger partial charge in [-0.25, -0.2) is 13.6 Å². The lowest BCUT2D eigenvalue weighted by molar-refractivity contribution is -0.114. The van der Waals surface area contributed by atoms with Gasteiger partial charge in [0.05, 0.1) is 28.5 Å². The lowest BCUT2D eigenvalue weighted by Gasteiger charge is -2.13. The third-order valence-corrected chi connectivity index (χ3v) is 4.91. The number of carbonyl (C=O) groups is 2. The molecule has 1 aromatic heterocycles. The molecule has 0 fully saturated rings.